The van der Waals surface area contributed by atoms with Gasteiger partial charge in [0.25, 0.3) is 0 Å². The molecule has 0 aromatic carbocycles. The Morgan fingerprint density at radius 2 is 1.53 bits per heavy atom. The number of methoxy groups -OCH3 is 1. The van der Waals surface area contributed by atoms with Gasteiger partial charge >= 0.3 is 0 Å². The van der Waals surface area contributed by atoms with Crippen LogP contribution in [0.2, 0.25) is 0 Å². The Kier molecular flexibility index (Phi) is 9.23. The molecule has 174 valence electrons. The van der Waals surface area contributed by atoms with Gasteiger partial charge in [-0.05, 0) is 63.2 Å². The quantitative estimate of drug-likeness (QED) is 0.546. The average Bonchev–Trinajstić information content (AvgIpc) is 2.81. The Balaban J connectivity index is 1.06. The van der Waals surface area contributed by atoms with E-state index in [9.17, 15) is 0 Å². The van der Waals surface area contributed by atoms with Gasteiger partial charge in [0.15, 0.2) is 0 Å². The van der Waals surface area contributed by atoms with Crippen molar-refractivity contribution in [1.82, 2.24) is 20.9 Å². The molecule has 0 unspecified atom stereocenters. The summed E-state index contributed by atoms with van der Waals surface area (Å²) in [7, 11) is 1.86. The zero-order valence-corrected chi connectivity index (χ0v) is 18.9. The largest absolute Gasteiger partial charge is 0.381 e. The Morgan fingerprint density at radius 3 is 2.20 bits per heavy atom. The molecule has 0 amide bonds. The molecular formula is C23H44N4O3. The summed E-state index contributed by atoms with van der Waals surface area (Å²) in [6.07, 6.45) is 11.1. The summed E-state index contributed by atoms with van der Waals surface area (Å²) in [6.45, 7) is 8.02. The van der Waals surface area contributed by atoms with E-state index in [4.69, 9.17) is 14.2 Å². The van der Waals surface area contributed by atoms with Crippen LogP contribution in [0.3, 0.4) is 0 Å². The molecule has 0 bridgehead atoms. The van der Waals surface area contributed by atoms with Crippen molar-refractivity contribution in [3.63, 3.8) is 0 Å². The number of hydrogen-bond donors (Lipinski definition) is 3. The molecule has 7 heteroatoms. The van der Waals surface area contributed by atoms with Crippen LogP contribution in [-0.2, 0) is 14.2 Å². The van der Waals surface area contributed by atoms with E-state index in [1.54, 1.807) is 0 Å². The van der Waals surface area contributed by atoms with Gasteiger partial charge in [-0.15, -0.1) is 0 Å². The summed E-state index contributed by atoms with van der Waals surface area (Å²) in [5.74, 6) is 1.61. The number of morpholine rings is 1. The molecule has 30 heavy (non-hydrogen) atoms. The van der Waals surface area contributed by atoms with E-state index < -0.39 is 0 Å². The second-order valence-corrected chi connectivity index (χ2v) is 9.75. The van der Waals surface area contributed by atoms with Gasteiger partial charge in [-0.3, -0.25) is 20.9 Å². The zero-order valence-electron chi connectivity index (χ0n) is 18.9. The number of hydrogen-bond acceptors (Lipinski definition) is 7. The highest BCUT2D eigenvalue weighted by molar-refractivity contribution is 4.87. The summed E-state index contributed by atoms with van der Waals surface area (Å²) >= 11 is 0. The van der Waals surface area contributed by atoms with Crippen LogP contribution in [0, 0.1) is 11.8 Å². The average molecular weight is 425 g/mol. The normalized spacial score (nSPS) is 39.1. The fourth-order valence-corrected chi connectivity index (χ4v) is 5.73. The van der Waals surface area contributed by atoms with Crippen molar-refractivity contribution < 1.29 is 14.2 Å². The molecule has 0 atom stereocenters. The van der Waals surface area contributed by atoms with Crippen molar-refractivity contribution in [2.75, 3.05) is 59.7 Å². The van der Waals surface area contributed by atoms with Crippen LogP contribution in [-0.4, -0.2) is 89.1 Å². The van der Waals surface area contributed by atoms with Crippen LogP contribution in [0.4, 0.5) is 0 Å². The van der Waals surface area contributed by atoms with Crippen LogP contribution in [0.5, 0.6) is 0 Å². The molecule has 0 aromatic heterocycles. The molecule has 0 aromatic rings. The van der Waals surface area contributed by atoms with E-state index in [1.807, 2.05) is 7.11 Å². The predicted octanol–water partition coefficient (Wildman–Crippen LogP) is 1.53. The minimum atomic E-state index is 0.264. The van der Waals surface area contributed by atoms with E-state index >= 15 is 0 Å². The topological polar surface area (TPSA) is 67.0 Å². The lowest BCUT2D eigenvalue weighted by Gasteiger charge is -2.40. The van der Waals surface area contributed by atoms with Crippen LogP contribution in [0.1, 0.15) is 51.4 Å². The Labute approximate surface area is 182 Å². The molecule has 2 saturated heterocycles. The monoisotopic (exact) mass is 424 g/mol. The van der Waals surface area contributed by atoms with Crippen LogP contribution >= 0.6 is 0 Å². The maximum Gasteiger partial charge on any atom is 0.112 e. The summed E-state index contributed by atoms with van der Waals surface area (Å²) in [6, 6.07) is 0.600. The number of nitrogens with one attached hydrogen (secondary N) is 3. The molecule has 4 fully saturated rings. The van der Waals surface area contributed by atoms with Gasteiger partial charge in [0.2, 0.25) is 0 Å². The third-order valence-corrected chi connectivity index (χ3v) is 7.83. The third-order valence-electron chi connectivity index (χ3n) is 7.83. The van der Waals surface area contributed by atoms with E-state index in [0.717, 1.165) is 64.4 Å². The first-order chi connectivity index (χ1) is 14.8. The Hall–Kier alpha value is -0.280. The maximum atomic E-state index is 6.17. The lowest BCUT2D eigenvalue weighted by Crippen LogP contribution is -2.63. The molecule has 2 aliphatic carbocycles. The van der Waals surface area contributed by atoms with Gasteiger partial charge in [-0.1, -0.05) is 0 Å². The summed E-state index contributed by atoms with van der Waals surface area (Å²) in [5, 5.41) is 11.2. The first kappa shape index (κ1) is 22.9. The standard InChI is InChI=1S/C23H44N4O3/c1-28-21-6-2-18(3-7-21)19-16-24-23(25-17-19)26-20-4-8-22(9-5-20)30-15-12-27-10-13-29-14-11-27/h18-26H,2-17H2,1H3. The van der Waals surface area contributed by atoms with Gasteiger partial charge in [0, 0.05) is 45.9 Å². The van der Waals surface area contributed by atoms with Gasteiger partial charge < -0.3 is 14.2 Å². The highest BCUT2D eigenvalue weighted by Gasteiger charge is 2.31. The summed E-state index contributed by atoms with van der Waals surface area (Å²) < 4.78 is 17.1. The van der Waals surface area contributed by atoms with E-state index in [0.29, 0.717) is 18.2 Å². The fraction of sp³-hybridized carbons (Fsp3) is 1.00. The van der Waals surface area contributed by atoms with E-state index in [1.165, 1.54) is 51.4 Å². The van der Waals surface area contributed by atoms with Crippen LogP contribution in [0.25, 0.3) is 0 Å². The molecule has 0 spiro atoms. The van der Waals surface area contributed by atoms with Crippen molar-refractivity contribution in [3.8, 4) is 0 Å². The predicted molar refractivity (Wildman–Crippen MR) is 118 cm³/mol. The highest BCUT2D eigenvalue weighted by atomic mass is 16.5. The van der Waals surface area contributed by atoms with Gasteiger partial charge in [-0.25, -0.2) is 0 Å². The minimum absolute atomic E-state index is 0.264. The molecular weight excluding hydrogens is 380 g/mol. The molecule has 0 radical (unpaired) electrons. The smallest absolute Gasteiger partial charge is 0.112 e. The Morgan fingerprint density at radius 1 is 0.867 bits per heavy atom. The maximum absolute atomic E-state index is 6.17. The van der Waals surface area contributed by atoms with Gasteiger partial charge in [0.05, 0.1) is 32.0 Å². The fourth-order valence-electron chi connectivity index (χ4n) is 5.73. The SMILES string of the molecule is COC1CCC(C2CNC(NC3CCC(OCCN4CCOCC4)CC3)NC2)CC1. The lowest BCUT2D eigenvalue weighted by molar-refractivity contribution is -0.0120. The van der Waals surface area contributed by atoms with Crippen LogP contribution in [0.15, 0.2) is 0 Å². The number of rotatable bonds is 8. The molecule has 7 nitrogen and oxygen atoms in total. The zero-order chi connectivity index (χ0) is 20.6. The molecule has 4 aliphatic rings. The Bertz CT molecular complexity index is 467. The van der Waals surface area contributed by atoms with Crippen molar-refractivity contribution in [2.24, 2.45) is 11.8 Å². The second-order valence-electron chi connectivity index (χ2n) is 9.75. The van der Waals surface area contributed by atoms with Crippen molar-refractivity contribution >= 4 is 0 Å². The van der Waals surface area contributed by atoms with Crippen LogP contribution < -0.4 is 16.0 Å². The molecule has 2 heterocycles. The summed E-state index contributed by atoms with van der Waals surface area (Å²) in [4.78, 5) is 2.45. The highest BCUT2D eigenvalue weighted by Crippen LogP contribution is 2.31. The van der Waals surface area contributed by atoms with Gasteiger partial charge in [0.1, 0.15) is 6.29 Å². The van der Waals surface area contributed by atoms with Crippen molar-refractivity contribution in [2.45, 2.75) is 75.9 Å². The molecule has 3 N–H and O–H groups in total. The molecule has 2 aliphatic heterocycles. The first-order valence-electron chi connectivity index (χ1n) is 12.5. The second kappa shape index (κ2) is 12.1. The van der Waals surface area contributed by atoms with E-state index in [-0.39, 0.29) is 6.29 Å². The number of nitrogens with zero attached hydrogens (tertiary/aromatic N) is 1. The molecule has 2 saturated carbocycles. The van der Waals surface area contributed by atoms with E-state index in [2.05, 4.69) is 20.9 Å². The number of ether oxygens (including phenoxy) is 3. The first-order valence-corrected chi connectivity index (χ1v) is 12.5. The lowest BCUT2D eigenvalue weighted by atomic mass is 9.78. The van der Waals surface area contributed by atoms with Crippen molar-refractivity contribution in [3.05, 3.63) is 0 Å². The summed E-state index contributed by atoms with van der Waals surface area (Å²) in [5.41, 5.74) is 0. The molecule has 4 rings (SSSR count). The third kappa shape index (κ3) is 6.86. The van der Waals surface area contributed by atoms with Crippen molar-refractivity contribution in [1.29, 1.82) is 0 Å². The van der Waals surface area contributed by atoms with Gasteiger partial charge in [-0.2, -0.15) is 0 Å². The minimum Gasteiger partial charge on any atom is -0.381 e.